The average molecular weight is 308 g/mol. The fourth-order valence-electron chi connectivity index (χ4n) is 1.93. The molecule has 0 fully saturated rings. The van der Waals surface area contributed by atoms with E-state index in [4.69, 9.17) is 11.6 Å². The number of hydrogen-bond acceptors (Lipinski definition) is 3. The van der Waals surface area contributed by atoms with Gasteiger partial charge in [-0.2, -0.15) is 0 Å². The largest absolute Gasteiger partial charge is 0.351 e. The topological polar surface area (TPSA) is 88.0 Å². The lowest BCUT2D eigenvalue weighted by Gasteiger charge is -2.29. The molecule has 0 saturated carbocycles. The first-order valence-electron chi connectivity index (χ1n) is 6.23. The summed E-state index contributed by atoms with van der Waals surface area (Å²) in [5.74, 6) is -0.277. The van der Waals surface area contributed by atoms with Crippen LogP contribution in [0, 0.1) is 10.1 Å². The highest BCUT2D eigenvalue weighted by Crippen LogP contribution is 2.23. The molecule has 1 atom stereocenters. The smallest absolute Gasteiger partial charge is 0.287 e. The Balaban J connectivity index is 2.21. The lowest BCUT2D eigenvalue weighted by Crippen LogP contribution is -2.45. The quantitative estimate of drug-likeness (QED) is 0.506. The molecule has 1 aromatic heterocycles. The third-order valence-electron chi connectivity index (χ3n) is 3.19. The number of carbonyl (C=O) groups is 1. The molecule has 2 aromatic rings. The number of nitrogens with one attached hydrogen (secondary N) is 2. The van der Waals surface area contributed by atoms with Crippen LogP contribution in [0.1, 0.15) is 23.0 Å². The van der Waals surface area contributed by atoms with Gasteiger partial charge in [0, 0.05) is 11.9 Å². The van der Waals surface area contributed by atoms with Crippen LogP contribution in [0.15, 0.2) is 42.6 Å². The predicted octanol–water partition coefficient (Wildman–Crippen LogP) is 2.81. The zero-order valence-electron chi connectivity index (χ0n) is 11.3. The number of hydrogen-bond donors (Lipinski definition) is 2. The Morgan fingerprint density at radius 1 is 1.43 bits per heavy atom. The van der Waals surface area contributed by atoms with Gasteiger partial charge in [0.2, 0.25) is 0 Å². The second-order valence-electron chi connectivity index (χ2n) is 4.81. The van der Waals surface area contributed by atoms with Crippen molar-refractivity contribution in [2.45, 2.75) is 12.5 Å². The van der Waals surface area contributed by atoms with Crippen LogP contribution in [0.4, 0.5) is 5.69 Å². The average Bonchev–Trinajstić information content (AvgIpc) is 2.98. The van der Waals surface area contributed by atoms with Gasteiger partial charge < -0.3 is 10.3 Å². The number of H-pyrrole nitrogens is 1. The molecule has 110 valence electrons. The maximum absolute atomic E-state index is 12.2. The zero-order valence-corrected chi connectivity index (χ0v) is 12.1. The van der Waals surface area contributed by atoms with Gasteiger partial charge in [-0.15, -0.1) is 11.6 Å². The first kappa shape index (κ1) is 15.1. The third kappa shape index (κ3) is 3.22. The van der Waals surface area contributed by atoms with Gasteiger partial charge in [0.25, 0.3) is 11.6 Å². The van der Waals surface area contributed by atoms with Crippen LogP contribution in [-0.4, -0.2) is 21.7 Å². The molecule has 1 amide bonds. The molecule has 2 rings (SSSR count). The van der Waals surface area contributed by atoms with Gasteiger partial charge >= 0.3 is 0 Å². The molecule has 1 aromatic carbocycles. The van der Waals surface area contributed by atoms with Crippen molar-refractivity contribution in [3.05, 3.63) is 64.0 Å². The molecular weight excluding hydrogens is 294 g/mol. The SMILES string of the molecule is CC(CCl)(NC(=O)c1cc([N+](=O)[O-])c[nH]1)c1ccccc1. The maximum atomic E-state index is 12.2. The van der Waals surface area contributed by atoms with Crippen molar-refractivity contribution in [2.75, 3.05) is 5.88 Å². The number of halogens is 1. The summed E-state index contributed by atoms with van der Waals surface area (Å²) >= 11 is 6.00. The number of rotatable bonds is 5. The summed E-state index contributed by atoms with van der Waals surface area (Å²) in [5.41, 5.74) is 0.0515. The van der Waals surface area contributed by atoms with Gasteiger partial charge in [0.1, 0.15) is 5.69 Å². The van der Waals surface area contributed by atoms with E-state index < -0.39 is 16.4 Å². The fourth-order valence-corrected chi connectivity index (χ4v) is 2.15. The van der Waals surface area contributed by atoms with Gasteiger partial charge in [-0.1, -0.05) is 30.3 Å². The Kier molecular flexibility index (Phi) is 4.28. The summed E-state index contributed by atoms with van der Waals surface area (Å²) < 4.78 is 0. The molecular formula is C14H14ClN3O3. The van der Waals surface area contributed by atoms with Crippen molar-refractivity contribution in [1.82, 2.24) is 10.3 Å². The van der Waals surface area contributed by atoms with Gasteiger partial charge in [-0.05, 0) is 12.5 Å². The second-order valence-corrected chi connectivity index (χ2v) is 5.08. The van der Waals surface area contributed by atoms with Crippen LogP contribution >= 0.6 is 11.6 Å². The van der Waals surface area contributed by atoms with E-state index in [1.54, 1.807) is 6.92 Å². The van der Waals surface area contributed by atoms with E-state index in [0.717, 1.165) is 5.56 Å². The van der Waals surface area contributed by atoms with Crippen molar-refractivity contribution in [3.8, 4) is 0 Å². The van der Waals surface area contributed by atoms with E-state index in [2.05, 4.69) is 10.3 Å². The number of aromatic amines is 1. The molecule has 0 aliphatic carbocycles. The Hall–Kier alpha value is -2.34. The van der Waals surface area contributed by atoms with E-state index in [-0.39, 0.29) is 17.3 Å². The number of nitrogens with zero attached hydrogens (tertiary/aromatic N) is 1. The summed E-state index contributed by atoms with van der Waals surface area (Å²) in [4.78, 5) is 24.9. The van der Waals surface area contributed by atoms with Gasteiger partial charge in [0.15, 0.2) is 0 Å². The van der Waals surface area contributed by atoms with Crippen molar-refractivity contribution in [2.24, 2.45) is 0 Å². The number of benzene rings is 1. The molecule has 1 unspecified atom stereocenters. The van der Waals surface area contributed by atoms with Gasteiger partial charge in [0.05, 0.1) is 16.7 Å². The van der Waals surface area contributed by atoms with Crippen molar-refractivity contribution >= 4 is 23.2 Å². The van der Waals surface area contributed by atoms with E-state index in [1.807, 2.05) is 30.3 Å². The van der Waals surface area contributed by atoms with Crippen LogP contribution in [0.3, 0.4) is 0 Å². The van der Waals surface area contributed by atoms with Crippen molar-refractivity contribution in [3.63, 3.8) is 0 Å². The van der Waals surface area contributed by atoms with Crippen LogP contribution in [0.5, 0.6) is 0 Å². The summed E-state index contributed by atoms with van der Waals surface area (Å²) in [6, 6.07) is 10.5. The minimum absolute atomic E-state index is 0.119. The lowest BCUT2D eigenvalue weighted by molar-refractivity contribution is -0.384. The van der Waals surface area contributed by atoms with Crippen LogP contribution in [-0.2, 0) is 5.54 Å². The minimum atomic E-state index is -0.764. The molecule has 0 radical (unpaired) electrons. The van der Waals surface area contributed by atoms with E-state index in [0.29, 0.717) is 0 Å². The van der Waals surface area contributed by atoms with Gasteiger partial charge in [-0.3, -0.25) is 14.9 Å². The molecule has 0 spiro atoms. The summed E-state index contributed by atoms with van der Waals surface area (Å²) in [6.07, 6.45) is 1.18. The third-order valence-corrected chi connectivity index (χ3v) is 3.73. The fraction of sp³-hybridized carbons (Fsp3) is 0.214. The molecule has 2 N–H and O–H groups in total. The normalized spacial score (nSPS) is 13.4. The molecule has 21 heavy (non-hydrogen) atoms. The number of carbonyl (C=O) groups excluding carboxylic acids is 1. The first-order chi connectivity index (χ1) is 9.96. The zero-order chi connectivity index (χ0) is 15.5. The molecule has 0 saturated heterocycles. The van der Waals surface area contributed by atoms with Crippen molar-refractivity contribution < 1.29 is 9.72 Å². The molecule has 1 heterocycles. The van der Waals surface area contributed by atoms with E-state index in [1.165, 1.54) is 12.3 Å². The minimum Gasteiger partial charge on any atom is -0.351 e. The molecule has 6 nitrogen and oxygen atoms in total. The van der Waals surface area contributed by atoms with Crippen molar-refractivity contribution in [1.29, 1.82) is 0 Å². The summed E-state index contributed by atoms with van der Waals surface area (Å²) in [5, 5.41) is 13.4. The second kappa shape index (κ2) is 5.97. The predicted molar refractivity (Wildman–Crippen MR) is 79.4 cm³/mol. The highest BCUT2D eigenvalue weighted by molar-refractivity contribution is 6.18. The van der Waals surface area contributed by atoms with E-state index in [9.17, 15) is 14.9 Å². The number of amides is 1. The first-order valence-corrected chi connectivity index (χ1v) is 6.76. The van der Waals surface area contributed by atoms with Crippen LogP contribution < -0.4 is 5.32 Å². The monoisotopic (exact) mass is 307 g/mol. The molecule has 0 aliphatic rings. The molecule has 0 bridgehead atoms. The standard InChI is InChI=1S/C14H14ClN3O3/c1-14(9-15,10-5-3-2-4-6-10)17-13(19)12-7-11(8-16-12)18(20)21/h2-8,16H,9H2,1H3,(H,17,19). The summed E-state index contributed by atoms with van der Waals surface area (Å²) in [7, 11) is 0. The van der Waals surface area contributed by atoms with E-state index >= 15 is 0 Å². The molecule has 0 aliphatic heterocycles. The van der Waals surface area contributed by atoms with Crippen LogP contribution in [0.2, 0.25) is 0 Å². The Bertz CT molecular complexity index is 656. The lowest BCUT2D eigenvalue weighted by atomic mass is 9.94. The summed E-state index contributed by atoms with van der Waals surface area (Å²) in [6.45, 7) is 1.80. The Labute approximate surface area is 126 Å². The highest BCUT2D eigenvalue weighted by Gasteiger charge is 2.29. The van der Waals surface area contributed by atoms with Gasteiger partial charge in [-0.25, -0.2) is 0 Å². The Morgan fingerprint density at radius 2 is 2.10 bits per heavy atom. The molecule has 7 heteroatoms. The number of alkyl halides is 1. The number of nitro groups is 1. The van der Waals surface area contributed by atoms with Crippen LogP contribution in [0.25, 0.3) is 0 Å². The maximum Gasteiger partial charge on any atom is 0.287 e. The highest BCUT2D eigenvalue weighted by atomic mass is 35.5. The number of aromatic nitrogens is 1. The Morgan fingerprint density at radius 3 is 2.62 bits per heavy atom.